The van der Waals surface area contributed by atoms with Crippen molar-refractivity contribution in [2.45, 2.75) is 13.0 Å². The van der Waals surface area contributed by atoms with Crippen LogP contribution in [0.4, 0.5) is 0 Å². The third kappa shape index (κ3) is 3.87. The van der Waals surface area contributed by atoms with Gasteiger partial charge in [0.2, 0.25) is 0 Å². The molecule has 138 valence electrons. The first-order valence-electron chi connectivity index (χ1n) is 8.47. The standard InChI is InChI=1S/C20H18N2O5/c1-13(21-17(23)14-7-3-2-4-8-14)20(26)27-12-11-22-18(24)15-9-5-6-10-16(15)19(22)25/h2-10,13H,11-12H2,1H3,(H,21,23)/t13-/m0/s1. The highest BCUT2D eigenvalue weighted by molar-refractivity contribution is 6.21. The summed E-state index contributed by atoms with van der Waals surface area (Å²) >= 11 is 0. The number of carbonyl (C=O) groups is 4. The van der Waals surface area contributed by atoms with Crippen LogP contribution in [-0.2, 0) is 9.53 Å². The Hall–Kier alpha value is -3.48. The minimum absolute atomic E-state index is 0.0442. The Balaban J connectivity index is 1.49. The maximum absolute atomic E-state index is 12.2. The topological polar surface area (TPSA) is 92.8 Å². The molecule has 0 saturated heterocycles. The van der Waals surface area contributed by atoms with Gasteiger partial charge in [0, 0.05) is 5.56 Å². The van der Waals surface area contributed by atoms with Crippen molar-refractivity contribution in [3.8, 4) is 0 Å². The molecule has 0 unspecified atom stereocenters. The van der Waals surface area contributed by atoms with Crippen LogP contribution in [0, 0.1) is 0 Å². The highest BCUT2D eigenvalue weighted by Crippen LogP contribution is 2.21. The second-order valence-electron chi connectivity index (χ2n) is 6.04. The Bertz CT molecular complexity index is 859. The predicted molar refractivity (Wildman–Crippen MR) is 96.1 cm³/mol. The number of nitrogens with one attached hydrogen (secondary N) is 1. The molecule has 3 rings (SSSR count). The molecule has 7 heteroatoms. The quantitative estimate of drug-likeness (QED) is 0.620. The molecule has 0 aromatic heterocycles. The fraction of sp³-hybridized carbons (Fsp3) is 0.200. The molecule has 0 radical (unpaired) electrons. The molecular formula is C20H18N2O5. The molecule has 2 aromatic rings. The maximum Gasteiger partial charge on any atom is 0.328 e. The number of carbonyl (C=O) groups excluding carboxylic acids is 4. The van der Waals surface area contributed by atoms with E-state index in [0.29, 0.717) is 16.7 Å². The predicted octanol–water partition coefficient (Wildman–Crippen LogP) is 1.64. The van der Waals surface area contributed by atoms with Crippen molar-refractivity contribution in [2.75, 3.05) is 13.2 Å². The molecule has 3 amide bonds. The minimum atomic E-state index is -0.861. The molecular weight excluding hydrogens is 348 g/mol. The van der Waals surface area contributed by atoms with Gasteiger partial charge in [-0.05, 0) is 31.2 Å². The van der Waals surface area contributed by atoms with Crippen molar-refractivity contribution in [3.63, 3.8) is 0 Å². The first-order chi connectivity index (χ1) is 13.0. The normalized spacial score (nSPS) is 13.9. The molecule has 0 spiro atoms. The van der Waals surface area contributed by atoms with Crippen molar-refractivity contribution >= 4 is 23.7 Å². The molecule has 1 heterocycles. The van der Waals surface area contributed by atoms with Gasteiger partial charge >= 0.3 is 5.97 Å². The van der Waals surface area contributed by atoms with E-state index in [4.69, 9.17) is 4.74 Å². The van der Waals surface area contributed by atoms with Crippen LogP contribution in [-0.4, -0.2) is 47.8 Å². The van der Waals surface area contributed by atoms with Crippen LogP contribution in [0.25, 0.3) is 0 Å². The number of esters is 1. The number of fused-ring (bicyclic) bond motifs is 1. The van der Waals surface area contributed by atoms with Gasteiger partial charge in [0.25, 0.3) is 17.7 Å². The van der Waals surface area contributed by atoms with Gasteiger partial charge in [-0.15, -0.1) is 0 Å². The van der Waals surface area contributed by atoms with Crippen LogP contribution >= 0.6 is 0 Å². The summed E-state index contributed by atoms with van der Waals surface area (Å²) in [7, 11) is 0. The second kappa shape index (κ2) is 7.82. The van der Waals surface area contributed by atoms with Crippen molar-refractivity contribution in [3.05, 3.63) is 71.3 Å². The second-order valence-corrected chi connectivity index (χ2v) is 6.04. The maximum atomic E-state index is 12.2. The van der Waals surface area contributed by atoms with E-state index in [1.807, 2.05) is 0 Å². The van der Waals surface area contributed by atoms with Crippen LogP contribution in [0.5, 0.6) is 0 Å². The van der Waals surface area contributed by atoms with E-state index < -0.39 is 23.8 Å². The third-order valence-electron chi connectivity index (χ3n) is 4.17. The number of amides is 3. The number of ether oxygens (including phenoxy) is 1. The van der Waals surface area contributed by atoms with Gasteiger partial charge < -0.3 is 10.1 Å². The molecule has 0 aliphatic carbocycles. The van der Waals surface area contributed by atoms with Crippen LogP contribution < -0.4 is 5.32 Å². The van der Waals surface area contributed by atoms with Gasteiger partial charge in [0.05, 0.1) is 17.7 Å². The summed E-state index contributed by atoms with van der Waals surface area (Å²) in [5, 5.41) is 2.55. The molecule has 0 fully saturated rings. The number of hydrogen-bond acceptors (Lipinski definition) is 5. The number of nitrogens with zero attached hydrogens (tertiary/aromatic N) is 1. The molecule has 1 N–H and O–H groups in total. The Morgan fingerprint density at radius 1 is 0.963 bits per heavy atom. The molecule has 0 saturated carbocycles. The summed E-state index contributed by atoms with van der Waals surface area (Å²) in [6, 6.07) is 14.2. The first-order valence-corrected chi connectivity index (χ1v) is 8.47. The molecule has 0 bridgehead atoms. The van der Waals surface area contributed by atoms with Crippen molar-refractivity contribution in [1.82, 2.24) is 10.2 Å². The van der Waals surface area contributed by atoms with E-state index in [0.717, 1.165) is 4.90 Å². The lowest BCUT2D eigenvalue weighted by atomic mass is 10.1. The van der Waals surface area contributed by atoms with Gasteiger partial charge in [-0.3, -0.25) is 19.3 Å². The molecule has 27 heavy (non-hydrogen) atoms. The minimum Gasteiger partial charge on any atom is -0.462 e. The zero-order valence-electron chi connectivity index (χ0n) is 14.7. The zero-order chi connectivity index (χ0) is 19.4. The summed E-state index contributed by atoms with van der Waals surface area (Å²) in [6.45, 7) is 1.32. The summed E-state index contributed by atoms with van der Waals surface area (Å²) in [6.07, 6.45) is 0. The smallest absolute Gasteiger partial charge is 0.328 e. The summed E-state index contributed by atoms with van der Waals surface area (Å²) in [5.41, 5.74) is 1.12. The molecule has 1 atom stereocenters. The highest BCUT2D eigenvalue weighted by atomic mass is 16.5. The van der Waals surface area contributed by atoms with E-state index in [1.54, 1.807) is 54.6 Å². The monoisotopic (exact) mass is 366 g/mol. The third-order valence-corrected chi connectivity index (χ3v) is 4.17. The Labute approximate surface area is 155 Å². The van der Waals surface area contributed by atoms with Crippen molar-refractivity contribution in [1.29, 1.82) is 0 Å². The van der Waals surface area contributed by atoms with Crippen LogP contribution in [0.2, 0.25) is 0 Å². The Kier molecular flexibility index (Phi) is 5.30. The fourth-order valence-electron chi connectivity index (χ4n) is 2.73. The largest absolute Gasteiger partial charge is 0.462 e. The van der Waals surface area contributed by atoms with Gasteiger partial charge in [-0.25, -0.2) is 4.79 Å². The zero-order valence-corrected chi connectivity index (χ0v) is 14.7. The lowest BCUT2D eigenvalue weighted by Crippen LogP contribution is -2.41. The van der Waals surface area contributed by atoms with Gasteiger partial charge in [0.1, 0.15) is 12.6 Å². The van der Waals surface area contributed by atoms with Crippen LogP contribution in [0.1, 0.15) is 38.0 Å². The summed E-state index contributed by atoms with van der Waals surface area (Å²) < 4.78 is 5.10. The average Bonchev–Trinajstić information content (AvgIpc) is 2.93. The van der Waals surface area contributed by atoms with E-state index in [9.17, 15) is 19.2 Å². The fourth-order valence-corrected chi connectivity index (χ4v) is 2.73. The molecule has 1 aliphatic rings. The van der Waals surface area contributed by atoms with E-state index in [-0.39, 0.29) is 19.1 Å². The molecule has 7 nitrogen and oxygen atoms in total. The lowest BCUT2D eigenvalue weighted by molar-refractivity contribution is -0.145. The highest BCUT2D eigenvalue weighted by Gasteiger charge is 2.34. The molecule has 1 aliphatic heterocycles. The van der Waals surface area contributed by atoms with Crippen LogP contribution in [0.3, 0.4) is 0 Å². The van der Waals surface area contributed by atoms with Gasteiger partial charge in [-0.1, -0.05) is 30.3 Å². The van der Waals surface area contributed by atoms with Crippen LogP contribution in [0.15, 0.2) is 54.6 Å². The van der Waals surface area contributed by atoms with E-state index in [1.165, 1.54) is 6.92 Å². The first kappa shape index (κ1) is 18.3. The number of benzene rings is 2. The van der Waals surface area contributed by atoms with Crippen molar-refractivity contribution in [2.24, 2.45) is 0 Å². The SMILES string of the molecule is C[C@H](NC(=O)c1ccccc1)C(=O)OCCN1C(=O)c2ccccc2C1=O. The van der Waals surface area contributed by atoms with E-state index in [2.05, 4.69) is 5.32 Å². The number of hydrogen-bond donors (Lipinski definition) is 1. The lowest BCUT2D eigenvalue weighted by Gasteiger charge is -2.16. The average molecular weight is 366 g/mol. The summed E-state index contributed by atoms with van der Waals surface area (Å²) in [4.78, 5) is 49.6. The van der Waals surface area contributed by atoms with Gasteiger partial charge in [0.15, 0.2) is 0 Å². The Morgan fingerprint density at radius 3 is 2.11 bits per heavy atom. The molecule has 2 aromatic carbocycles. The van der Waals surface area contributed by atoms with E-state index >= 15 is 0 Å². The Morgan fingerprint density at radius 2 is 1.52 bits per heavy atom. The van der Waals surface area contributed by atoms with Gasteiger partial charge in [-0.2, -0.15) is 0 Å². The summed E-state index contributed by atoms with van der Waals surface area (Å²) in [5.74, 6) is -1.84. The van der Waals surface area contributed by atoms with Crippen molar-refractivity contribution < 1.29 is 23.9 Å². The number of imide groups is 1. The number of rotatable bonds is 6.